The normalized spacial score (nSPS) is 23.1. The predicted molar refractivity (Wildman–Crippen MR) is 66.7 cm³/mol. The van der Waals surface area contributed by atoms with Crippen LogP contribution in [0.2, 0.25) is 0 Å². The third kappa shape index (κ3) is 3.31. The third-order valence-corrected chi connectivity index (χ3v) is 3.01. The van der Waals surface area contributed by atoms with Gasteiger partial charge in [-0.25, -0.2) is 0 Å². The predicted octanol–water partition coefficient (Wildman–Crippen LogP) is 1.75. The Morgan fingerprint density at radius 3 is 3.00 bits per heavy atom. The summed E-state index contributed by atoms with van der Waals surface area (Å²) in [5, 5.41) is 3.42. The molecule has 0 saturated carbocycles. The van der Waals surface area contributed by atoms with Crippen LogP contribution < -0.4 is 5.32 Å². The maximum atomic E-state index is 5.73. The van der Waals surface area contributed by atoms with Crippen LogP contribution in [-0.4, -0.2) is 29.6 Å². The van der Waals surface area contributed by atoms with E-state index in [0.29, 0.717) is 6.61 Å². The second-order valence-corrected chi connectivity index (χ2v) is 4.87. The molecule has 1 aliphatic rings. The van der Waals surface area contributed by atoms with E-state index in [1.165, 1.54) is 5.69 Å². The van der Waals surface area contributed by atoms with Crippen molar-refractivity contribution in [1.29, 1.82) is 0 Å². The number of rotatable bonds is 5. The molecule has 2 heterocycles. The van der Waals surface area contributed by atoms with Crippen LogP contribution in [-0.2, 0) is 22.6 Å². The van der Waals surface area contributed by atoms with Gasteiger partial charge in [0.15, 0.2) is 5.79 Å². The van der Waals surface area contributed by atoms with Gasteiger partial charge in [-0.2, -0.15) is 0 Å². The van der Waals surface area contributed by atoms with Gasteiger partial charge in [0.05, 0.1) is 12.7 Å². The highest BCUT2D eigenvalue weighted by atomic mass is 16.7. The molecule has 0 radical (unpaired) electrons. The summed E-state index contributed by atoms with van der Waals surface area (Å²) in [5.41, 5.74) is 1.31. The highest BCUT2D eigenvalue weighted by molar-refractivity contribution is 5.06. The summed E-state index contributed by atoms with van der Waals surface area (Å²) in [5.74, 6) is -0.421. The van der Waals surface area contributed by atoms with E-state index in [1.807, 2.05) is 13.8 Å². The minimum absolute atomic E-state index is 0.162. The molecule has 0 aromatic carbocycles. The van der Waals surface area contributed by atoms with E-state index in [0.717, 1.165) is 19.6 Å². The van der Waals surface area contributed by atoms with Crippen molar-refractivity contribution in [2.24, 2.45) is 0 Å². The maximum Gasteiger partial charge on any atom is 0.163 e. The molecule has 1 aliphatic heterocycles. The van der Waals surface area contributed by atoms with Gasteiger partial charge < -0.3 is 19.4 Å². The SMILES string of the molecule is CCn1cccc1CNCC1COC(C)(C)O1. The van der Waals surface area contributed by atoms with Crippen molar-refractivity contribution in [3.05, 3.63) is 24.0 Å². The lowest BCUT2D eigenvalue weighted by atomic mass is 10.3. The van der Waals surface area contributed by atoms with E-state index in [9.17, 15) is 0 Å². The van der Waals surface area contributed by atoms with Crippen molar-refractivity contribution in [3.63, 3.8) is 0 Å². The van der Waals surface area contributed by atoms with Crippen LogP contribution in [0.25, 0.3) is 0 Å². The van der Waals surface area contributed by atoms with Crippen molar-refractivity contribution in [2.45, 2.75) is 45.8 Å². The number of hydrogen-bond donors (Lipinski definition) is 1. The summed E-state index contributed by atoms with van der Waals surface area (Å²) in [6, 6.07) is 4.23. The van der Waals surface area contributed by atoms with Gasteiger partial charge in [0.2, 0.25) is 0 Å². The minimum atomic E-state index is -0.421. The van der Waals surface area contributed by atoms with Gasteiger partial charge in [-0.05, 0) is 32.9 Å². The first-order chi connectivity index (χ1) is 8.11. The average molecular weight is 238 g/mol. The van der Waals surface area contributed by atoms with Crippen LogP contribution in [0, 0.1) is 0 Å². The number of aryl methyl sites for hydroxylation is 1. The van der Waals surface area contributed by atoms with Crippen molar-refractivity contribution in [3.8, 4) is 0 Å². The lowest BCUT2D eigenvalue weighted by molar-refractivity contribution is -0.137. The molecule has 0 amide bonds. The Hall–Kier alpha value is -0.840. The van der Waals surface area contributed by atoms with Gasteiger partial charge in [0.1, 0.15) is 0 Å². The molecule has 4 heteroatoms. The van der Waals surface area contributed by atoms with Gasteiger partial charge in [-0.1, -0.05) is 0 Å². The summed E-state index contributed by atoms with van der Waals surface area (Å²) in [7, 11) is 0. The fourth-order valence-corrected chi connectivity index (χ4v) is 2.14. The van der Waals surface area contributed by atoms with Crippen molar-refractivity contribution in [1.82, 2.24) is 9.88 Å². The van der Waals surface area contributed by atoms with Crippen LogP contribution in [0.3, 0.4) is 0 Å². The Morgan fingerprint density at radius 1 is 1.53 bits per heavy atom. The lowest BCUT2D eigenvalue weighted by Crippen LogP contribution is -2.30. The van der Waals surface area contributed by atoms with Crippen LogP contribution in [0.5, 0.6) is 0 Å². The summed E-state index contributed by atoms with van der Waals surface area (Å²) in [6.45, 7) is 9.46. The molecule has 1 unspecified atom stereocenters. The molecule has 2 rings (SSSR count). The van der Waals surface area contributed by atoms with Crippen LogP contribution in [0.15, 0.2) is 18.3 Å². The molecule has 96 valence electrons. The number of aromatic nitrogens is 1. The van der Waals surface area contributed by atoms with Gasteiger partial charge in [0.25, 0.3) is 0 Å². The number of hydrogen-bond acceptors (Lipinski definition) is 3. The molecule has 17 heavy (non-hydrogen) atoms. The summed E-state index contributed by atoms with van der Waals surface area (Å²) in [6.07, 6.45) is 2.27. The Balaban J connectivity index is 1.73. The Labute approximate surface area is 103 Å². The van der Waals surface area contributed by atoms with Gasteiger partial charge in [-0.15, -0.1) is 0 Å². The van der Waals surface area contributed by atoms with Crippen LogP contribution >= 0.6 is 0 Å². The highest BCUT2D eigenvalue weighted by Gasteiger charge is 2.32. The van der Waals surface area contributed by atoms with Gasteiger partial charge >= 0.3 is 0 Å². The first kappa shape index (κ1) is 12.6. The molecule has 1 fully saturated rings. The molecule has 0 aliphatic carbocycles. The van der Waals surface area contributed by atoms with Crippen LogP contribution in [0.1, 0.15) is 26.5 Å². The van der Waals surface area contributed by atoms with Crippen molar-refractivity contribution >= 4 is 0 Å². The molecule has 0 bridgehead atoms. The van der Waals surface area contributed by atoms with E-state index in [-0.39, 0.29) is 6.10 Å². The fraction of sp³-hybridized carbons (Fsp3) is 0.692. The zero-order valence-electron chi connectivity index (χ0n) is 10.9. The van der Waals surface area contributed by atoms with E-state index in [1.54, 1.807) is 0 Å². The first-order valence-corrected chi connectivity index (χ1v) is 6.27. The van der Waals surface area contributed by atoms with E-state index >= 15 is 0 Å². The molecule has 1 aromatic rings. The molecule has 1 atom stereocenters. The molecule has 0 spiro atoms. The quantitative estimate of drug-likeness (QED) is 0.849. The Morgan fingerprint density at radius 2 is 2.35 bits per heavy atom. The smallest absolute Gasteiger partial charge is 0.163 e. The second-order valence-electron chi connectivity index (χ2n) is 4.87. The van der Waals surface area contributed by atoms with Gasteiger partial charge in [-0.3, -0.25) is 0 Å². The van der Waals surface area contributed by atoms with Crippen molar-refractivity contribution < 1.29 is 9.47 Å². The first-order valence-electron chi connectivity index (χ1n) is 6.27. The third-order valence-electron chi connectivity index (χ3n) is 3.01. The fourth-order valence-electron chi connectivity index (χ4n) is 2.14. The molecule has 1 saturated heterocycles. The number of ether oxygens (including phenoxy) is 2. The zero-order chi connectivity index (χ0) is 12.3. The standard InChI is InChI=1S/C13H22N2O2/c1-4-15-7-5-6-11(15)8-14-9-12-10-16-13(2,3)17-12/h5-7,12,14H,4,8-10H2,1-3H3. The lowest BCUT2D eigenvalue weighted by Gasteiger charge is -2.17. The van der Waals surface area contributed by atoms with Gasteiger partial charge in [0, 0.05) is 31.5 Å². The average Bonchev–Trinajstić information content (AvgIpc) is 2.85. The number of nitrogens with zero attached hydrogens (tertiary/aromatic N) is 1. The monoisotopic (exact) mass is 238 g/mol. The Bertz CT molecular complexity index is 360. The summed E-state index contributed by atoms with van der Waals surface area (Å²) < 4.78 is 13.5. The van der Waals surface area contributed by atoms with E-state index in [2.05, 4.69) is 35.1 Å². The Kier molecular flexibility index (Phi) is 3.86. The van der Waals surface area contributed by atoms with Crippen molar-refractivity contribution in [2.75, 3.05) is 13.2 Å². The second kappa shape index (κ2) is 5.21. The van der Waals surface area contributed by atoms with E-state index < -0.39 is 5.79 Å². The molecule has 4 nitrogen and oxygen atoms in total. The maximum absolute atomic E-state index is 5.73. The largest absolute Gasteiger partial charge is 0.351 e. The summed E-state index contributed by atoms with van der Waals surface area (Å²) >= 11 is 0. The molecular formula is C13H22N2O2. The van der Waals surface area contributed by atoms with Crippen LogP contribution in [0.4, 0.5) is 0 Å². The number of nitrogens with one attached hydrogen (secondary N) is 1. The zero-order valence-corrected chi connectivity index (χ0v) is 10.9. The molecular weight excluding hydrogens is 216 g/mol. The summed E-state index contributed by atoms with van der Waals surface area (Å²) in [4.78, 5) is 0. The topological polar surface area (TPSA) is 35.4 Å². The molecule has 1 N–H and O–H groups in total. The minimum Gasteiger partial charge on any atom is -0.351 e. The highest BCUT2D eigenvalue weighted by Crippen LogP contribution is 2.21. The molecule has 1 aromatic heterocycles. The van der Waals surface area contributed by atoms with E-state index in [4.69, 9.17) is 9.47 Å².